The van der Waals surface area contributed by atoms with E-state index >= 15 is 0 Å². The molecule has 0 aliphatic heterocycles. The van der Waals surface area contributed by atoms with Gasteiger partial charge in [0.05, 0.1) is 5.69 Å². The third kappa shape index (κ3) is 3.13. The quantitative estimate of drug-likeness (QED) is 0.783. The summed E-state index contributed by atoms with van der Waals surface area (Å²) in [4.78, 5) is 2.07. The second-order valence-electron chi connectivity index (χ2n) is 4.19. The van der Waals surface area contributed by atoms with Crippen molar-refractivity contribution in [3.8, 4) is 5.88 Å². The molecule has 0 saturated carbocycles. The molecule has 5 nitrogen and oxygen atoms in total. The fourth-order valence-electron chi connectivity index (χ4n) is 1.50. The van der Waals surface area contributed by atoms with Gasteiger partial charge in [0.1, 0.15) is 12.3 Å². The van der Waals surface area contributed by atoms with Crippen LogP contribution in [0.2, 0.25) is 0 Å². The summed E-state index contributed by atoms with van der Waals surface area (Å²) in [6.45, 7) is 3.61. The van der Waals surface area contributed by atoms with Gasteiger partial charge in [0, 0.05) is 13.6 Å². The largest absolute Gasteiger partial charge is 0.475 e. The summed E-state index contributed by atoms with van der Waals surface area (Å²) in [6.07, 6.45) is 1.94. The standard InChI is InChI=1S/C11H22N4O/c1-5-6-9-10(12)11(15(4)13-9)16-8-7-14(2)3/h5-8,12H2,1-4H3. The zero-order valence-corrected chi connectivity index (χ0v) is 10.7. The topological polar surface area (TPSA) is 56.3 Å². The van der Waals surface area contributed by atoms with Crippen LogP contribution >= 0.6 is 0 Å². The van der Waals surface area contributed by atoms with E-state index in [0.717, 1.165) is 25.1 Å². The van der Waals surface area contributed by atoms with Gasteiger partial charge >= 0.3 is 0 Å². The van der Waals surface area contributed by atoms with Gasteiger partial charge in [0.15, 0.2) is 0 Å². The first kappa shape index (κ1) is 12.8. The molecule has 0 spiro atoms. The van der Waals surface area contributed by atoms with Crippen LogP contribution in [0.5, 0.6) is 5.88 Å². The lowest BCUT2D eigenvalue weighted by atomic mass is 10.2. The summed E-state index contributed by atoms with van der Waals surface area (Å²) in [5.74, 6) is 0.685. The predicted octanol–water partition coefficient (Wildman–Crippen LogP) is 0.895. The summed E-state index contributed by atoms with van der Waals surface area (Å²) in [5.41, 5.74) is 7.60. The van der Waals surface area contributed by atoms with Crippen LogP contribution in [-0.4, -0.2) is 41.9 Å². The molecule has 1 rings (SSSR count). The van der Waals surface area contributed by atoms with Crippen molar-refractivity contribution in [2.75, 3.05) is 33.0 Å². The number of nitrogens with zero attached hydrogens (tertiary/aromatic N) is 3. The minimum Gasteiger partial charge on any atom is -0.475 e. The number of nitrogen functional groups attached to an aromatic ring is 1. The van der Waals surface area contributed by atoms with Gasteiger partial charge in [-0.15, -0.1) is 0 Å². The maximum absolute atomic E-state index is 5.99. The highest BCUT2D eigenvalue weighted by molar-refractivity contribution is 5.53. The molecule has 0 radical (unpaired) electrons. The number of nitrogens with two attached hydrogens (primary N) is 1. The molecule has 16 heavy (non-hydrogen) atoms. The molecule has 0 saturated heterocycles. The molecular formula is C11H22N4O. The van der Waals surface area contributed by atoms with Crippen LogP contribution in [0.1, 0.15) is 19.0 Å². The molecule has 0 amide bonds. The van der Waals surface area contributed by atoms with Crippen molar-refractivity contribution in [1.82, 2.24) is 14.7 Å². The Balaban J connectivity index is 2.64. The molecule has 5 heteroatoms. The molecule has 1 aromatic heterocycles. The van der Waals surface area contributed by atoms with E-state index in [9.17, 15) is 0 Å². The lowest BCUT2D eigenvalue weighted by molar-refractivity contribution is 0.246. The molecule has 0 atom stereocenters. The number of ether oxygens (including phenoxy) is 1. The van der Waals surface area contributed by atoms with E-state index in [1.807, 2.05) is 21.1 Å². The molecule has 0 fully saturated rings. The molecule has 1 heterocycles. The van der Waals surface area contributed by atoms with Gasteiger partial charge < -0.3 is 15.4 Å². The molecule has 0 aliphatic carbocycles. The number of hydrogen-bond donors (Lipinski definition) is 1. The van der Waals surface area contributed by atoms with Crippen molar-refractivity contribution in [1.29, 1.82) is 0 Å². The SMILES string of the molecule is CCCc1nn(C)c(OCCN(C)C)c1N. The molecule has 0 aromatic carbocycles. The Bertz CT molecular complexity index is 333. The third-order valence-corrected chi connectivity index (χ3v) is 2.37. The Morgan fingerprint density at radius 1 is 1.44 bits per heavy atom. The molecule has 2 N–H and O–H groups in total. The number of likely N-dealkylation sites (N-methyl/N-ethyl adjacent to an activating group) is 1. The van der Waals surface area contributed by atoms with Crippen LogP contribution in [0.4, 0.5) is 5.69 Å². The van der Waals surface area contributed by atoms with Crippen LogP contribution < -0.4 is 10.5 Å². The summed E-state index contributed by atoms with van der Waals surface area (Å²) >= 11 is 0. The summed E-state index contributed by atoms with van der Waals surface area (Å²) in [7, 11) is 5.89. The van der Waals surface area contributed by atoms with E-state index in [-0.39, 0.29) is 0 Å². The van der Waals surface area contributed by atoms with Gasteiger partial charge in [-0.25, -0.2) is 4.68 Å². The predicted molar refractivity (Wildman–Crippen MR) is 65.7 cm³/mol. The highest BCUT2D eigenvalue weighted by atomic mass is 16.5. The fraction of sp³-hybridized carbons (Fsp3) is 0.727. The Morgan fingerprint density at radius 3 is 2.69 bits per heavy atom. The molecular weight excluding hydrogens is 204 g/mol. The highest BCUT2D eigenvalue weighted by Crippen LogP contribution is 2.25. The van der Waals surface area contributed by atoms with Gasteiger partial charge in [-0.05, 0) is 20.5 Å². The third-order valence-electron chi connectivity index (χ3n) is 2.37. The molecule has 0 unspecified atom stereocenters. The zero-order chi connectivity index (χ0) is 12.1. The van der Waals surface area contributed by atoms with Crippen molar-refractivity contribution in [2.45, 2.75) is 19.8 Å². The number of aromatic nitrogens is 2. The molecule has 1 aromatic rings. The van der Waals surface area contributed by atoms with E-state index in [1.165, 1.54) is 0 Å². The Kier molecular flexibility index (Phi) is 4.61. The van der Waals surface area contributed by atoms with Gasteiger partial charge in [0.2, 0.25) is 5.88 Å². The van der Waals surface area contributed by atoms with Crippen molar-refractivity contribution in [3.05, 3.63) is 5.69 Å². The number of hydrogen-bond acceptors (Lipinski definition) is 4. The number of anilines is 1. The Hall–Kier alpha value is -1.23. The van der Waals surface area contributed by atoms with Gasteiger partial charge in [0.25, 0.3) is 0 Å². The van der Waals surface area contributed by atoms with E-state index in [4.69, 9.17) is 10.5 Å². The second-order valence-corrected chi connectivity index (χ2v) is 4.19. The average Bonchev–Trinajstić information content (AvgIpc) is 2.45. The minimum atomic E-state index is 0.627. The second kappa shape index (κ2) is 5.75. The monoisotopic (exact) mass is 226 g/mol. The lowest BCUT2D eigenvalue weighted by Gasteiger charge is -2.11. The lowest BCUT2D eigenvalue weighted by Crippen LogP contribution is -2.20. The van der Waals surface area contributed by atoms with Crippen LogP contribution in [0, 0.1) is 0 Å². The van der Waals surface area contributed by atoms with Crippen molar-refractivity contribution in [3.63, 3.8) is 0 Å². The van der Waals surface area contributed by atoms with Gasteiger partial charge in [-0.2, -0.15) is 5.10 Å². The normalized spacial score (nSPS) is 11.1. The van der Waals surface area contributed by atoms with E-state index in [0.29, 0.717) is 18.2 Å². The first-order valence-corrected chi connectivity index (χ1v) is 5.65. The maximum Gasteiger partial charge on any atom is 0.235 e. The van der Waals surface area contributed by atoms with Crippen LogP contribution in [0.15, 0.2) is 0 Å². The first-order valence-electron chi connectivity index (χ1n) is 5.65. The summed E-state index contributed by atoms with van der Waals surface area (Å²) < 4.78 is 7.36. The average molecular weight is 226 g/mol. The maximum atomic E-state index is 5.99. The fourth-order valence-corrected chi connectivity index (χ4v) is 1.50. The Labute approximate surface area is 97.2 Å². The first-order chi connectivity index (χ1) is 7.56. The number of aryl methyl sites for hydroxylation is 2. The molecule has 0 aliphatic rings. The molecule has 0 bridgehead atoms. The van der Waals surface area contributed by atoms with E-state index in [1.54, 1.807) is 4.68 Å². The summed E-state index contributed by atoms with van der Waals surface area (Å²) in [5, 5.41) is 4.35. The summed E-state index contributed by atoms with van der Waals surface area (Å²) in [6, 6.07) is 0. The van der Waals surface area contributed by atoms with E-state index < -0.39 is 0 Å². The van der Waals surface area contributed by atoms with Crippen LogP contribution in [0.25, 0.3) is 0 Å². The van der Waals surface area contributed by atoms with E-state index in [2.05, 4.69) is 16.9 Å². The smallest absolute Gasteiger partial charge is 0.235 e. The Morgan fingerprint density at radius 2 is 2.12 bits per heavy atom. The number of rotatable bonds is 6. The molecule has 92 valence electrons. The van der Waals surface area contributed by atoms with Crippen molar-refractivity contribution >= 4 is 5.69 Å². The van der Waals surface area contributed by atoms with Crippen LogP contribution in [0.3, 0.4) is 0 Å². The van der Waals surface area contributed by atoms with Crippen molar-refractivity contribution < 1.29 is 4.74 Å². The van der Waals surface area contributed by atoms with Gasteiger partial charge in [-0.1, -0.05) is 13.3 Å². The van der Waals surface area contributed by atoms with Crippen LogP contribution in [-0.2, 0) is 13.5 Å². The zero-order valence-electron chi connectivity index (χ0n) is 10.7. The van der Waals surface area contributed by atoms with Gasteiger partial charge in [-0.3, -0.25) is 0 Å². The highest BCUT2D eigenvalue weighted by Gasteiger charge is 2.13. The van der Waals surface area contributed by atoms with Crippen molar-refractivity contribution in [2.24, 2.45) is 7.05 Å². The minimum absolute atomic E-state index is 0.627.